The van der Waals surface area contributed by atoms with Crippen LogP contribution in [0.3, 0.4) is 0 Å². The molecule has 0 aliphatic carbocycles. The van der Waals surface area contributed by atoms with E-state index in [1.807, 2.05) is 54.6 Å². The van der Waals surface area contributed by atoms with Crippen molar-refractivity contribution in [2.45, 2.75) is 70.1 Å². The van der Waals surface area contributed by atoms with E-state index >= 15 is 0 Å². The van der Waals surface area contributed by atoms with Crippen LogP contribution in [0.25, 0.3) is 10.9 Å². The van der Waals surface area contributed by atoms with Crippen LogP contribution in [-0.4, -0.2) is 64.5 Å². The number of hydrogen-bond donors (Lipinski definition) is 7. The Labute approximate surface area is 245 Å². The number of fused-ring (bicyclic) bond motifs is 1. The fraction of sp³-hybridized carbons (Fsp3) is 0.419. The predicted molar refractivity (Wildman–Crippen MR) is 161 cm³/mol. The average Bonchev–Trinajstić information content (AvgIpc) is 3.37. The molecule has 0 saturated heterocycles. The summed E-state index contributed by atoms with van der Waals surface area (Å²) in [5.41, 5.74) is 14.2. The van der Waals surface area contributed by atoms with E-state index in [0.717, 1.165) is 22.0 Å². The van der Waals surface area contributed by atoms with Crippen molar-refractivity contribution >= 4 is 34.6 Å². The Morgan fingerprint density at radius 1 is 0.833 bits per heavy atom. The largest absolute Gasteiger partial charge is 0.480 e. The summed E-state index contributed by atoms with van der Waals surface area (Å²) in [5.74, 6) is -3.19. The van der Waals surface area contributed by atoms with E-state index in [1.54, 1.807) is 20.0 Å². The molecule has 2 aromatic carbocycles. The van der Waals surface area contributed by atoms with Gasteiger partial charge in [-0.05, 0) is 55.3 Å². The molecular weight excluding hydrogens is 536 g/mol. The standard InChI is InChI=1S/C31H42N6O5/c1-19(2)27(37-28(38)23(33)16-20-10-4-3-5-11-20)30(40)36-26(17-21-18-34-24-13-7-6-12-22(21)24)29(39)35-25(31(41)42)14-8-9-15-32/h3-7,10-13,18-19,23,25-27,34H,8-9,14-17,32-33H2,1-2H3,(H,35,39)(H,36,40)(H,37,38)(H,41,42). The van der Waals surface area contributed by atoms with Crippen LogP contribution < -0.4 is 27.4 Å². The fourth-order valence-corrected chi connectivity index (χ4v) is 4.77. The Kier molecular flexibility index (Phi) is 12.1. The highest BCUT2D eigenvalue weighted by molar-refractivity contribution is 5.95. The number of carbonyl (C=O) groups excluding carboxylic acids is 3. The molecule has 0 spiro atoms. The van der Waals surface area contributed by atoms with Gasteiger partial charge in [-0.25, -0.2) is 4.79 Å². The van der Waals surface area contributed by atoms with Gasteiger partial charge in [0.05, 0.1) is 6.04 Å². The number of nitrogens with one attached hydrogen (secondary N) is 4. The van der Waals surface area contributed by atoms with E-state index < -0.39 is 47.9 Å². The van der Waals surface area contributed by atoms with Crippen LogP contribution >= 0.6 is 0 Å². The molecule has 0 saturated carbocycles. The van der Waals surface area contributed by atoms with Crippen LogP contribution in [0.4, 0.5) is 0 Å². The zero-order valence-electron chi connectivity index (χ0n) is 24.1. The molecular formula is C31H42N6O5. The minimum Gasteiger partial charge on any atom is -0.480 e. The minimum absolute atomic E-state index is 0.100. The summed E-state index contributed by atoms with van der Waals surface area (Å²) in [6, 6.07) is 12.8. The molecule has 4 atom stereocenters. The highest BCUT2D eigenvalue weighted by atomic mass is 16.4. The molecule has 0 fully saturated rings. The van der Waals surface area contributed by atoms with Crippen molar-refractivity contribution in [3.8, 4) is 0 Å². The molecule has 0 radical (unpaired) electrons. The second-order valence-corrected chi connectivity index (χ2v) is 10.8. The maximum atomic E-state index is 13.6. The molecule has 4 unspecified atom stereocenters. The summed E-state index contributed by atoms with van der Waals surface area (Å²) in [7, 11) is 0. The van der Waals surface area contributed by atoms with Gasteiger partial charge in [-0.2, -0.15) is 0 Å². The number of H-pyrrole nitrogens is 1. The van der Waals surface area contributed by atoms with Crippen molar-refractivity contribution in [2.75, 3.05) is 6.54 Å². The van der Waals surface area contributed by atoms with Gasteiger partial charge in [0.15, 0.2) is 0 Å². The van der Waals surface area contributed by atoms with Gasteiger partial charge in [0.25, 0.3) is 0 Å². The molecule has 3 aromatic rings. The third-order valence-electron chi connectivity index (χ3n) is 7.18. The predicted octanol–water partition coefficient (Wildman–Crippen LogP) is 1.60. The number of unbranched alkanes of at least 4 members (excludes halogenated alkanes) is 1. The number of amides is 3. The number of aliphatic carboxylic acids is 1. The van der Waals surface area contributed by atoms with Crippen LogP contribution in [-0.2, 0) is 32.0 Å². The van der Waals surface area contributed by atoms with Crippen molar-refractivity contribution in [2.24, 2.45) is 17.4 Å². The smallest absolute Gasteiger partial charge is 0.326 e. The minimum atomic E-state index is -1.17. The van der Waals surface area contributed by atoms with Gasteiger partial charge in [0, 0.05) is 23.5 Å². The lowest BCUT2D eigenvalue weighted by Crippen LogP contribution is -2.59. The number of aromatic nitrogens is 1. The fourth-order valence-electron chi connectivity index (χ4n) is 4.77. The first-order valence-corrected chi connectivity index (χ1v) is 14.3. The molecule has 1 heterocycles. The Bertz CT molecular complexity index is 1340. The summed E-state index contributed by atoms with van der Waals surface area (Å²) < 4.78 is 0. The summed E-state index contributed by atoms with van der Waals surface area (Å²) in [4.78, 5) is 55.0. The summed E-state index contributed by atoms with van der Waals surface area (Å²) in [6.07, 6.45) is 3.51. The van der Waals surface area contributed by atoms with Gasteiger partial charge in [0.2, 0.25) is 17.7 Å². The first kappa shape index (κ1) is 32.3. The zero-order chi connectivity index (χ0) is 30.6. The number of carboxylic acids is 1. The summed E-state index contributed by atoms with van der Waals surface area (Å²) >= 11 is 0. The first-order chi connectivity index (χ1) is 20.1. The molecule has 3 amide bonds. The molecule has 1 aromatic heterocycles. The topological polar surface area (TPSA) is 192 Å². The van der Waals surface area contributed by atoms with E-state index in [0.29, 0.717) is 25.8 Å². The van der Waals surface area contributed by atoms with Gasteiger partial charge in [-0.1, -0.05) is 62.4 Å². The molecule has 11 nitrogen and oxygen atoms in total. The summed E-state index contributed by atoms with van der Waals surface area (Å²) in [5, 5.41) is 18.7. The first-order valence-electron chi connectivity index (χ1n) is 14.3. The van der Waals surface area contributed by atoms with Crippen LogP contribution in [0.2, 0.25) is 0 Å². The highest BCUT2D eigenvalue weighted by Crippen LogP contribution is 2.19. The number of carbonyl (C=O) groups is 4. The third-order valence-corrected chi connectivity index (χ3v) is 7.18. The maximum absolute atomic E-state index is 13.6. The van der Waals surface area contributed by atoms with Crippen molar-refractivity contribution < 1.29 is 24.3 Å². The Morgan fingerprint density at radius 3 is 2.17 bits per heavy atom. The van der Waals surface area contributed by atoms with E-state index in [4.69, 9.17) is 11.5 Å². The van der Waals surface area contributed by atoms with Gasteiger partial charge in [0.1, 0.15) is 18.1 Å². The SMILES string of the molecule is CC(C)C(NC(=O)C(N)Cc1ccccc1)C(=O)NC(Cc1c[nH]c2ccccc12)C(=O)NC(CCCCN)C(=O)O. The number of benzene rings is 2. The zero-order valence-corrected chi connectivity index (χ0v) is 24.1. The Balaban J connectivity index is 1.79. The van der Waals surface area contributed by atoms with E-state index in [2.05, 4.69) is 20.9 Å². The molecule has 0 aliphatic heterocycles. The lowest BCUT2D eigenvalue weighted by molar-refractivity contribution is -0.142. The number of rotatable bonds is 16. The van der Waals surface area contributed by atoms with Crippen molar-refractivity contribution in [1.29, 1.82) is 0 Å². The van der Waals surface area contributed by atoms with Gasteiger partial charge < -0.3 is 37.5 Å². The summed E-state index contributed by atoms with van der Waals surface area (Å²) in [6.45, 7) is 3.97. The molecule has 42 heavy (non-hydrogen) atoms. The van der Waals surface area contributed by atoms with Crippen LogP contribution in [0.15, 0.2) is 60.8 Å². The maximum Gasteiger partial charge on any atom is 0.326 e. The van der Waals surface area contributed by atoms with Crippen LogP contribution in [0, 0.1) is 5.92 Å². The number of para-hydroxylation sites is 1. The monoisotopic (exact) mass is 578 g/mol. The molecule has 11 heteroatoms. The number of hydrogen-bond acceptors (Lipinski definition) is 6. The normalized spacial score (nSPS) is 14.1. The Hall–Kier alpha value is -4.22. The van der Waals surface area contributed by atoms with E-state index in [-0.39, 0.29) is 18.8 Å². The molecule has 226 valence electrons. The van der Waals surface area contributed by atoms with Crippen molar-refractivity contribution in [3.63, 3.8) is 0 Å². The van der Waals surface area contributed by atoms with E-state index in [1.165, 1.54) is 0 Å². The van der Waals surface area contributed by atoms with Crippen molar-refractivity contribution in [3.05, 3.63) is 71.9 Å². The van der Waals surface area contributed by atoms with Gasteiger partial charge >= 0.3 is 5.97 Å². The number of carboxylic acid groups (broad SMARTS) is 1. The van der Waals surface area contributed by atoms with E-state index in [9.17, 15) is 24.3 Å². The second-order valence-electron chi connectivity index (χ2n) is 10.8. The van der Waals surface area contributed by atoms with Crippen molar-refractivity contribution in [1.82, 2.24) is 20.9 Å². The van der Waals surface area contributed by atoms with Gasteiger partial charge in [-0.3, -0.25) is 14.4 Å². The average molecular weight is 579 g/mol. The van der Waals surface area contributed by atoms with Gasteiger partial charge in [-0.15, -0.1) is 0 Å². The van der Waals surface area contributed by atoms with Crippen LogP contribution in [0.1, 0.15) is 44.2 Å². The number of aromatic amines is 1. The molecule has 0 bridgehead atoms. The Morgan fingerprint density at radius 2 is 1.50 bits per heavy atom. The number of nitrogens with two attached hydrogens (primary N) is 2. The molecule has 0 aliphatic rings. The quantitative estimate of drug-likeness (QED) is 0.125. The third kappa shape index (κ3) is 9.15. The molecule has 3 rings (SSSR count). The lowest BCUT2D eigenvalue weighted by atomic mass is 9.99. The highest BCUT2D eigenvalue weighted by Gasteiger charge is 2.32. The molecule has 9 N–H and O–H groups in total. The second kappa shape index (κ2) is 15.7. The lowest BCUT2D eigenvalue weighted by Gasteiger charge is -2.27. The van der Waals surface area contributed by atoms with Crippen LogP contribution in [0.5, 0.6) is 0 Å².